The molecule has 4 aromatic rings. The first-order chi connectivity index (χ1) is 14.0. The fraction of sp³-hybridized carbons (Fsp3) is 0.300. The van der Waals surface area contributed by atoms with Gasteiger partial charge in [0.15, 0.2) is 22.0 Å². The summed E-state index contributed by atoms with van der Waals surface area (Å²) in [5.41, 5.74) is 1.86. The van der Waals surface area contributed by atoms with E-state index in [1.165, 1.54) is 28.7 Å². The van der Waals surface area contributed by atoms with Crippen LogP contribution in [-0.4, -0.2) is 24.1 Å². The SMILES string of the molecule is CCn1c(SCc2cc(=O)n3ccsc3n2)nnc1C(C)Oc1ccc(C)cc1. The number of aryl methyl sites for hydroxylation is 1. The fourth-order valence-electron chi connectivity index (χ4n) is 2.98. The standard InChI is InChI=1S/C20H21N5O2S2/c1-4-24-18(14(3)27-16-7-5-13(2)6-8-16)22-23-20(24)29-12-15-11-17(26)25-9-10-28-19(25)21-15/h5-11,14H,4,12H2,1-3H3. The normalized spacial score (nSPS) is 12.4. The maximum atomic E-state index is 12.2. The molecule has 0 saturated carbocycles. The lowest BCUT2D eigenvalue weighted by Crippen LogP contribution is -2.13. The van der Waals surface area contributed by atoms with Crippen molar-refractivity contribution < 1.29 is 4.74 Å². The van der Waals surface area contributed by atoms with E-state index in [1.54, 1.807) is 16.7 Å². The second-order valence-electron chi connectivity index (χ2n) is 6.59. The Labute approximate surface area is 176 Å². The highest BCUT2D eigenvalue weighted by molar-refractivity contribution is 7.98. The highest BCUT2D eigenvalue weighted by atomic mass is 32.2. The summed E-state index contributed by atoms with van der Waals surface area (Å²) in [6.45, 7) is 6.80. The lowest BCUT2D eigenvalue weighted by atomic mass is 10.2. The molecule has 3 aromatic heterocycles. The van der Waals surface area contributed by atoms with Gasteiger partial charge in [-0.15, -0.1) is 21.5 Å². The van der Waals surface area contributed by atoms with E-state index in [-0.39, 0.29) is 11.7 Å². The number of thiazole rings is 1. The van der Waals surface area contributed by atoms with E-state index in [1.807, 2.05) is 48.1 Å². The first kappa shape index (κ1) is 19.7. The Kier molecular flexibility index (Phi) is 5.68. The Hall–Kier alpha value is -2.65. The molecule has 9 heteroatoms. The summed E-state index contributed by atoms with van der Waals surface area (Å²) >= 11 is 2.97. The monoisotopic (exact) mass is 427 g/mol. The predicted octanol–water partition coefficient (Wildman–Crippen LogP) is 4.11. The van der Waals surface area contributed by atoms with Crippen molar-refractivity contribution in [3.63, 3.8) is 0 Å². The fourth-order valence-corrected chi connectivity index (χ4v) is 4.62. The average molecular weight is 428 g/mol. The number of nitrogens with zero attached hydrogens (tertiary/aromatic N) is 5. The van der Waals surface area contributed by atoms with Gasteiger partial charge in [-0.2, -0.15) is 0 Å². The molecule has 1 unspecified atom stereocenters. The van der Waals surface area contributed by atoms with Gasteiger partial charge in [0.25, 0.3) is 5.56 Å². The van der Waals surface area contributed by atoms with E-state index < -0.39 is 0 Å². The molecule has 0 N–H and O–H groups in total. The van der Waals surface area contributed by atoms with Gasteiger partial charge < -0.3 is 9.30 Å². The van der Waals surface area contributed by atoms with Crippen molar-refractivity contribution in [1.29, 1.82) is 0 Å². The van der Waals surface area contributed by atoms with Crippen molar-refractivity contribution in [2.75, 3.05) is 0 Å². The number of rotatable bonds is 7. The maximum absolute atomic E-state index is 12.2. The number of thioether (sulfide) groups is 1. The number of benzene rings is 1. The van der Waals surface area contributed by atoms with Gasteiger partial charge in [-0.25, -0.2) is 4.98 Å². The predicted molar refractivity (Wildman–Crippen MR) is 115 cm³/mol. The van der Waals surface area contributed by atoms with Crippen molar-refractivity contribution in [2.45, 2.75) is 44.3 Å². The molecule has 0 aliphatic carbocycles. The summed E-state index contributed by atoms with van der Waals surface area (Å²) in [7, 11) is 0. The molecule has 0 bridgehead atoms. The van der Waals surface area contributed by atoms with Crippen LogP contribution in [0.25, 0.3) is 4.96 Å². The average Bonchev–Trinajstić information content (AvgIpc) is 3.34. The molecule has 1 aromatic carbocycles. The number of hydrogen-bond acceptors (Lipinski definition) is 7. The van der Waals surface area contributed by atoms with Crippen LogP contribution in [0.2, 0.25) is 0 Å². The molecule has 0 radical (unpaired) electrons. The molecule has 0 aliphatic heterocycles. The number of fused-ring (bicyclic) bond motifs is 1. The van der Waals surface area contributed by atoms with Crippen LogP contribution in [-0.2, 0) is 12.3 Å². The summed E-state index contributed by atoms with van der Waals surface area (Å²) in [5, 5.41) is 11.3. The Morgan fingerprint density at radius 2 is 2.03 bits per heavy atom. The van der Waals surface area contributed by atoms with Gasteiger partial charge in [-0.3, -0.25) is 9.20 Å². The second kappa shape index (κ2) is 8.38. The third-order valence-corrected chi connectivity index (χ3v) is 6.22. The van der Waals surface area contributed by atoms with Crippen LogP contribution in [0.3, 0.4) is 0 Å². The topological polar surface area (TPSA) is 74.3 Å². The van der Waals surface area contributed by atoms with Crippen LogP contribution in [0.1, 0.15) is 37.0 Å². The number of hydrogen-bond donors (Lipinski definition) is 0. The lowest BCUT2D eigenvalue weighted by Gasteiger charge is -2.15. The van der Waals surface area contributed by atoms with E-state index >= 15 is 0 Å². The molecule has 0 aliphatic rings. The van der Waals surface area contributed by atoms with Crippen molar-refractivity contribution in [1.82, 2.24) is 24.1 Å². The third kappa shape index (κ3) is 4.20. The van der Waals surface area contributed by atoms with Gasteiger partial charge in [-0.1, -0.05) is 29.5 Å². The molecular weight excluding hydrogens is 406 g/mol. The molecule has 0 spiro atoms. The molecule has 0 fully saturated rings. The van der Waals surface area contributed by atoms with E-state index in [2.05, 4.69) is 22.1 Å². The van der Waals surface area contributed by atoms with Crippen LogP contribution in [0.5, 0.6) is 5.75 Å². The highest BCUT2D eigenvalue weighted by Crippen LogP contribution is 2.26. The van der Waals surface area contributed by atoms with Gasteiger partial charge in [0, 0.05) is 29.9 Å². The van der Waals surface area contributed by atoms with Crippen LogP contribution >= 0.6 is 23.1 Å². The minimum atomic E-state index is -0.232. The first-order valence-electron chi connectivity index (χ1n) is 9.30. The van der Waals surface area contributed by atoms with Gasteiger partial charge >= 0.3 is 0 Å². The smallest absolute Gasteiger partial charge is 0.258 e. The van der Waals surface area contributed by atoms with Crippen molar-refractivity contribution in [2.24, 2.45) is 0 Å². The molecule has 7 nitrogen and oxygen atoms in total. The van der Waals surface area contributed by atoms with Gasteiger partial charge in [0.1, 0.15) is 5.75 Å². The zero-order valence-corrected chi connectivity index (χ0v) is 18.0. The molecule has 3 heterocycles. The number of ether oxygens (including phenoxy) is 1. The quantitative estimate of drug-likeness (QED) is 0.413. The van der Waals surface area contributed by atoms with E-state index in [0.29, 0.717) is 10.7 Å². The highest BCUT2D eigenvalue weighted by Gasteiger charge is 2.19. The minimum Gasteiger partial charge on any atom is -0.483 e. The van der Waals surface area contributed by atoms with Gasteiger partial charge in [0.05, 0.1) is 5.69 Å². The Morgan fingerprint density at radius 1 is 1.24 bits per heavy atom. The zero-order valence-electron chi connectivity index (χ0n) is 16.4. The Morgan fingerprint density at radius 3 is 2.79 bits per heavy atom. The lowest BCUT2D eigenvalue weighted by molar-refractivity contribution is 0.210. The molecular formula is C20H21N5O2S2. The molecule has 29 heavy (non-hydrogen) atoms. The molecule has 1 atom stereocenters. The van der Waals surface area contributed by atoms with Gasteiger partial charge in [0.2, 0.25) is 0 Å². The van der Waals surface area contributed by atoms with Crippen LogP contribution in [0.15, 0.2) is 51.9 Å². The van der Waals surface area contributed by atoms with Gasteiger partial charge in [-0.05, 0) is 32.9 Å². The van der Waals surface area contributed by atoms with Crippen molar-refractivity contribution in [3.05, 3.63) is 69.3 Å². The zero-order chi connectivity index (χ0) is 20.4. The van der Waals surface area contributed by atoms with Crippen molar-refractivity contribution in [3.8, 4) is 5.75 Å². The minimum absolute atomic E-state index is 0.0652. The summed E-state index contributed by atoms with van der Waals surface area (Å²) < 4.78 is 9.63. The Bertz CT molecular complexity index is 1180. The van der Waals surface area contributed by atoms with E-state index in [0.717, 1.165) is 29.0 Å². The summed E-state index contributed by atoms with van der Waals surface area (Å²) in [4.78, 5) is 17.4. The van der Waals surface area contributed by atoms with Crippen molar-refractivity contribution >= 4 is 28.1 Å². The van der Waals surface area contributed by atoms with E-state index in [9.17, 15) is 4.79 Å². The second-order valence-corrected chi connectivity index (χ2v) is 8.40. The molecule has 4 rings (SSSR count). The summed E-state index contributed by atoms with van der Waals surface area (Å²) in [5.74, 6) is 2.13. The van der Waals surface area contributed by atoms with Crippen LogP contribution < -0.4 is 10.3 Å². The first-order valence-corrected chi connectivity index (χ1v) is 11.2. The molecule has 150 valence electrons. The summed E-state index contributed by atoms with van der Waals surface area (Å²) in [6.07, 6.45) is 1.51. The van der Waals surface area contributed by atoms with Crippen LogP contribution in [0.4, 0.5) is 0 Å². The largest absolute Gasteiger partial charge is 0.483 e. The third-order valence-electron chi connectivity index (χ3n) is 4.46. The Balaban J connectivity index is 1.50. The van der Waals surface area contributed by atoms with E-state index in [4.69, 9.17) is 4.74 Å². The maximum Gasteiger partial charge on any atom is 0.258 e. The molecule has 0 saturated heterocycles. The summed E-state index contributed by atoms with van der Waals surface area (Å²) in [6, 6.07) is 9.53. The number of aromatic nitrogens is 5. The van der Waals surface area contributed by atoms with Crippen LogP contribution in [0, 0.1) is 6.92 Å². The molecule has 0 amide bonds.